The summed E-state index contributed by atoms with van der Waals surface area (Å²) in [7, 11) is -2.89. The summed E-state index contributed by atoms with van der Waals surface area (Å²) in [4.78, 5) is 0. The maximum Gasteiger partial charge on any atom is 0.211 e. The zero-order valence-electron chi connectivity index (χ0n) is 11.0. The largest absolute Gasteiger partial charge is 0.259 e. The van der Waals surface area contributed by atoms with Crippen molar-refractivity contribution in [2.75, 3.05) is 18.6 Å². The van der Waals surface area contributed by atoms with Crippen molar-refractivity contribution in [2.24, 2.45) is 0 Å². The van der Waals surface area contributed by atoms with Gasteiger partial charge in [-0.15, -0.1) is 0 Å². The summed E-state index contributed by atoms with van der Waals surface area (Å²) in [5.74, 6) is 0.820. The van der Waals surface area contributed by atoms with E-state index in [2.05, 4.69) is 4.72 Å². The number of nitrogens with one attached hydrogen (secondary N) is 1. The molecular formula is C12H18ClNO3S2. The standard InChI is InChI=1S/C12H18ClNO3S2/c1-10-8-12(13)5-4-11(10)9-18(15)6-3-7-19(16,17)14-2/h4-5,8,14H,3,6-7,9H2,1-2H3/t18-/m0/s1. The van der Waals surface area contributed by atoms with E-state index in [1.807, 2.05) is 19.1 Å². The first-order valence-electron chi connectivity index (χ1n) is 5.85. The van der Waals surface area contributed by atoms with Gasteiger partial charge in [0.2, 0.25) is 10.0 Å². The molecule has 7 heteroatoms. The Morgan fingerprint density at radius 3 is 2.63 bits per heavy atom. The highest BCUT2D eigenvalue weighted by atomic mass is 35.5. The van der Waals surface area contributed by atoms with E-state index >= 15 is 0 Å². The van der Waals surface area contributed by atoms with Crippen molar-refractivity contribution in [3.05, 3.63) is 34.3 Å². The van der Waals surface area contributed by atoms with E-state index in [1.165, 1.54) is 7.05 Å². The average Bonchev–Trinajstić information content (AvgIpc) is 2.32. The van der Waals surface area contributed by atoms with Crippen LogP contribution in [-0.2, 0) is 26.6 Å². The predicted molar refractivity (Wildman–Crippen MR) is 80.4 cm³/mol. The highest BCUT2D eigenvalue weighted by Crippen LogP contribution is 2.16. The van der Waals surface area contributed by atoms with Crippen molar-refractivity contribution in [3.63, 3.8) is 0 Å². The Morgan fingerprint density at radius 1 is 1.37 bits per heavy atom. The average molecular weight is 324 g/mol. The van der Waals surface area contributed by atoms with Gasteiger partial charge in [0.15, 0.2) is 0 Å². The quantitative estimate of drug-likeness (QED) is 0.832. The van der Waals surface area contributed by atoms with Gasteiger partial charge in [0.05, 0.1) is 5.75 Å². The van der Waals surface area contributed by atoms with Crippen molar-refractivity contribution >= 4 is 32.4 Å². The van der Waals surface area contributed by atoms with Gasteiger partial charge in [0.25, 0.3) is 0 Å². The number of hydrogen-bond acceptors (Lipinski definition) is 3. The minimum absolute atomic E-state index is 0.00877. The number of aryl methyl sites for hydroxylation is 1. The minimum atomic E-state index is -3.20. The van der Waals surface area contributed by atoms with Crippen LogP contribution in [0.2, 0.25) is 5.02 Å². The molecule has 108 valence electrons. The van der Waals surface area contributed by atoms with Crippen LogP contribution in [0.15, 0.2) is 18.2 Å². The van der Waals surface area contributed by atoms with E-state index in [1.54, 1.807) is 6.07 Å². The van der Waals surface area contributed by atoms with Gasteiger partial charge in [-0.1, -0.05) is 17.7 Å². The second-order valence-electron chi connectivity index (χ2n) is 4.24. The molecule has 0 radical (unpaired) electrons. The smallest absolute Gasteiger partial charge is 0.211 e. The highest BCUT2D eigenvalue weighted by Gasteiger charge is 2.09. The number of sulfonamides is 1. The van der Waals surface area contributed by atoms with Crippen molar-refractivity contribution in [1.29, 1.82) is 0 Å². The molecule has 0 fully saturated rings. The highest BCUT2D eigenvalue weighted by molar-refractivity contribution is 7.89. The summed E-state index contributed by atoms with van der Waals surface area (Å²) in [6, 6.07) is 5.46. The molecule has 0 aliphatic carbocycles. The maximum absolute atomic E-state index is 11.9. The van der Waals surface area contributed by atoms with Crippen LogP contribution in [0, 0.1) is 6.92 Å². The molecule has 0 amide bonds. The number of halogens is 1. The lowest BCUT2D eigenvalue weighted by Gasteiger charge is -2.07. The third kappa shape index (κ3) is 6.03. The Balaban J connectivity index is 2.48. The lowest BCUT2D eigenvalue weighted by Crippen LogP contribution is -2.23. The Hall–Kier alpha value is -0.430. The summed E-state index contributed by atoms with van der Waals surface area (Å²) < 4.78 is 36.5. The Morgan fingerprint density at radius 2 is 2.05 bits per heavy atom. The molecule has 0 spiro atoms. The van der Waals surface area contributed by atoms with Crippen molar-refractivity contribution in [1.82, 2.24) is 4.72 Å². The van der Waals surface area contributed by atoms with Crippen LogP contribution in [0.5, 0.6) is 0 Å². The van der Waals surface area contributed by atoms with Gasteiger partial charge in [0.1, 0.15) is 0 Å². The van der Waals surface area contributed by atoms with E-state index in [0.29, 0.717) is 22.9 Å². The molecule has 1 N–H and O–H groups in total. The Labute approximate surface area is 122 Å². The molecule has 1 rings (SSSR count). The van der Waals surface area contributed by atoms with Crippen LogP contribution in [0.3, 0.4) is 0 Å². The molecule has 0 saturated carbocycles. The lowest BCUT2D eigenvalue weighted by molar-refractivity contribution is 0.587. The maximum atomic E-state index is 11.9. The topological polar surface area (TPSA) is 63.2 Å². The van der Waals surface area contributed by atoms with Crippen LogP contribution >= 0.6 is 11.6 Å². The molecule has 1 aromatic rings. The number of rotatable bonds is 7. The second kappa shape index (κ2) is 7.38. The molecule has 1 atom stereocenters. The SMILES string of the molecule is CNS(=O)(=O)CCC[S@](=O)Cc1ccc(Cl)cc1C. The van der Waals surface area contributed by atoms with Gasteiger partial charge in [0, 0.05) is 27.3 Å². The fourth-order valence-corrected chi connectivity index (χ4v) is 4.00. The van der Waals surface area contributed by atoms with Gasteiger partial charge >= 0.3 is 0 Å². The van der Waals surface area contributed by atoms with Crippen molar-refractivity contribution < 1.29 is 12.6 Å². The monoisotopic (exact) mass is 323 g/mol. The van der Waals surface area contributed by atoms with E-state index in [4.69, 9.17) is 11.6 Å². The second-order valence-corrected chi connectivity index (χ2v) is 8.29. The van der Waals surface area contributed by atoms with Gasteiger partial charge in [-0.05, 0) is 43.7 Å². The molecule has 0 aliphatic rings. The van der Waals surface area contributed by atoms with Gasteiger partial charge in [-0.25, -0.2) is 13.1 Å². The van der Waals surface area contributed by atoms with Crippen molar-refractivity contribution in [3.8, 4) is 0 Å². The first kappa shape index (κ1) is 16.6. The minimum Gasteiger partial charge on any atom is -0.259 e. The van der Waals surface area contributed by atoms with Crippen molar-refractivity contribution in [2.45, 2.75) is 19.1 Å². The zero-order valence-corrected chi connectivity index (χ0v) is 13.4. The number of hydrogen-bond donors (Lipinski definition) is 1. The fraction of sp³-hybridized carbons (Fsp3) is 0.500. The molecule has 0 aliphatic heterocycles. The van der Waals surface area contributed by atoms with E-state index < -0.39 is 20.8 Å². The van der Waals surface area contributed by atoms with Gasteiger partial charge in [-0.2, -0.15) is 0 Å². The molecule has 0 bridgehead atoms. The third-order valence-electron chi connectivity index (χ3n) is 2.72. The molecule has 1 aromatic carbocycles. The molecule has 0 saturated heterocycles. The summed E-state index contributed by atoms with van der Waals surface area (Å²) >= 11 is 5.85. The Bertz CT molecular complexity index is 558. The van der Waals surface area contributed by atoms with E-state index in [0.717, 1.165) is 11.1 Å². The summed E-state index contributed by atoms with van der Waals surface area (Å²) in [6.45, 7) is 1.92. The zero-order chi connectivity index (χ0) is 14.5. The first-order chi connectivity index (χ1) is 8.84. The third-order valence-corrected chi connectivity index (χ3v) is 5.78. The van der Waals surface area contributed by atoms with Crippen LogP contribution < -0.4 is 4.72 Å². The van der Waals surface area contributed by atoms with Crippen LogP contribution in [0.25, 0.3) is 0 Å². The van der Waals surface area contributed by atoms with Crippen LogP contribution in [0.1, 0.15) is 17.5 Å². The fourth-order valence-electron chi connectivity index (χ4n) is 1.58. The van der Waals surface area contributed by atoms with Gasteiger partial charge in [-0.3, -0.25) is 4.21 Å². The van der Waals surface area contributed by atoms with Gasteiger partial charge < -0.3 is 0 Å². The summed E-state index contributed by atoms with van der Waals surface area (Å²) in [5, 5.41) is 0.659. The number of benzene rings is 1. The molecular weight excluding hydrogens is 306 g/mol. The summed E-state index contributed by atoms with van der Waals surface area (Å²) in [6.07, 6.45) is 0.391. The summed E-state index contributed by atoms with van der Waals surface area (Å²) in [5.41, 5.74) is 1.99. The molecule has 0 unspecified atom stereocenters. The molecule has 19 heavy (non-hydrogen) atoms. The molecule has 0 heterocycles. The van der Waals surface area contributed by atoms with Crippen LogP contribution in [0.4, 0.5) is 0 Å². The van der Waals surface area contributed by atoms with E-state index in [9.17, 15) is 12.6 Å². The normalized spacial score (nSPS) is 13.4. The van der Waals surface area contributed by atoms with E-state index in [-0.39, 0.29) is 5.75 Å². The predicted octanol–water partition coefficient (Wildman–Crippen LogP) is 1.84. The molecule has 0 aromatic heterocycles. The Kier molecular flexibility index (Phi) is 6.46. The first-order valence-corrected chi connectivity index (χ1v) is 9.37. The lowest BCUT2D eigenvalue weighted by atomic mass is 10.1. The van der Waals surface area contributed by atoms with Crippen LogP contribution in [-0.4, -0.2) is 31.2 Å². The molecule has 4 nitrogen and oxygen atoms in total.